The molecule has 0 spiro atoms. The maximum Gasteiger partial charge on any atom is 0.407 e. The van der Waals surface area contributed by atoms with Crippen LogP contribution in [-0.4, -0.2) is 40.8 Å². The average molecular weight is 408 g/mol. The summed E-state index contributed by atoms with van der Waals surface area (Å²) in [5, 5.41) is 2.94. The van der Waals surface area contributed by atoms with E-state index >= 15 is 0 Å². The van der Waals surface area contributed by atoms with Gasteiger partial charge in [0.05, 0.1) is 5.75 Å². The summed E-state index contributed by atoms with van der Waals surface area (Å²) in [6.07, 6.45) is 0.0323. The minimum Gasteiger partial charge on any atom is -0.444 e. The SMILES string of the molecule is CC(C)(C)OC(=O)NCCCC(=O)NNC(=O)CSc1nc2ccccc2o1. The lowest BCUT2D eigenvalue weighted by Gasteiger charge is -2.19. The van der Waals surface area contributed by atoms with Gasteiger partial charge in [-0.15, -0.1) is 0 Å². The second-order valence-corrected chi connectivity index (χ2v) is 7.79. The number of nitrogens with one attached hydrogen (secondary N) is 3. The molecule has 0 radical (unpaired) electrons. The molecule has 1 aromatic carbocycles. The average Bonchev–Trinajstić information content (AvgIpc) is 3.03. The molecule has 3 N–H and O–H groups in total. The molecule has 1 aromatic heterocycles. The molecule has 0 atom stereocenters. The standard InChI is InChI=1S/C18H24N4O5S/c1-18(2,3)27-16(25)19-10-6-9-14(23)21-22-15(24)11-28-17-20-12-7-4-5-8-13(12)26-17/h4-5,7-8H,6,9-11H2,1-3H3,(H,19,25)(H,21,23)(H,22,24). The van der Waals surface area contributed by atoms with Crippen molar-refractivity contribution in [1.29, 1.82) is 0 Å². The van der Waals surface area contributed by atoms with Crippen LogP contribution in [0, 0.1) is 0 Å². The van der Waals surface area contributed by atoms with Crippen LogP contribution < -0.4 is 16.2 Å². The number of carbonyl (C=O) groups excluding carboxylic acids is 3. The molecule has 0 aliphatic heterocycles. The van der Waals surface area contributed by atoms with Crippen LogP contribution in [0.2, 0.25) is 0 Å². The number of benzene rings is 1. The fourth-order valence-electron chi connectivity index (χ4n) is 2.03. The summed E-state index contributed by atoms with van der Waals surface area (Å²) in [7, 11) is 0. The third-order valence-corrected chi connectivity index (χ3v) is 4.02. The lowest BCUT2D eigenvalue weighted by Crippen LogP contribution is -2.42. The van der Waals surface area contributed by atoms with Gasteiger partial charge in [-0.1, -0.05) is 23.9 Å². The van der Waals surface area contributed by atoms with Crippen molar-refractivity contribution in [1.82, 2.24) is 21.2 Å². The Morgan fingerprint density at radius 2 is 1.86 bits per heavy atom. The lowest BCUT2D eigenvalue weighted by atomic mass is 10.2. The molecule has 9 nitrogen and oxygen atoms in total. The van der Waals surface area contributed by atoms with Crippen molar-refractivity contribution in [2.24, 2.45) is 0 Å². The zero-order valence-electron chi connectivity index (χ0n) is 16.0. The molecule has 10 heteroatoms. The normalized spacial score (nSPS) is 11.1. The molecule has 0 saturated heterocycles. The molecule has 0 unspecified atom stereocenters. The summed E-state index contributed by atoms with van der Waals surface area (Å²) in [6.45, 7) is 5.60. The van der Waals surface area contributed by atoms with E-state index in [9.17, 15) is 14.4 Å². The van der Waals surface area contributed by atoms with Crippen LogP contribution in [0.25, 0.3) is 11.1 Å². The quantitative estimate of drug-likeness (QED) is 0.365. The molecule has 0 bridgehead atoms. The highest BCUT2D eigenvalue weighted by molar-refractivity contribution is 7.99. The minimum atomic E-state index is -0.568. The van der Waals surface area contributed by atoms with E-state index in [0.29, 0.717) is 23.8 Å². The van der Waals surface area contributed by atoms with Gasteiger partial charge >= 0.3 is 6.09 Å². The molecule has 0 fully saturated rings. The lowest BCUT2D eigenvalue weighted by molar-refractivity contribution is -0.127. The first kappa shape index (κ1) is 21.5. The Morgan fingerprint density at radius 1 is 1.14 bits per heavy atom. The van der Waals surface area contributed by atoms with E-state index in [2.05, 4.69) is 21.2 Å². The number of alkyl carbamates (subject to hydrolysis) is 1. The van der Waals surface area contributed by atoms with Gasteiger partial charge in [-0.05, 0) is 39.3 Å². The van der Waals surface area contributed by atoms with Crippen LogP contribution in [0.4, 0.5) is 4.79 Å². The smallest absolute Gasteiger partial charge is 0.407 e. The Labute approximate surface area is 166 Å². The van der Waals surface area contributed by atoms with Crippen molar-refractivity contribution in [3.8, 4) is 0 Å². The van der Waals surface area contributed by atoms with Crippen LogP contribution in [-0.2, 0) is 14.3 Å². The first-order valence-electron chi connectivity index (χ1n) is 8.76. The Bertz CT molecular complexity index is 798. The van der Waals surface area contributed by atoms with Gasteiger partial charge in [0.1, 0.15) is 11.1 Å². The molecule has 0 aliphatic carbocycles. The van der Waals surface area contributed by atoms with Gasteiger partial charge < -0.3 is 14.5 Å². The molecule has 3 amide bonds. The molecule has 2 rings (SSSR count). The number of fused-ring (bicyclic) bond motifs is 1. The van der Waals surface area contributed by atoms with E-state index < -0.39 is 11.7 Å². The summed E-state index contributed by atoms with van der Waals surface area (Å²) in [5.74, 6) is -0.688. The van der Waals surface area contributed by atoms with Crippen LogP contribution in [0.15, 0.2) is 33.9 Å². The van der Waals surface area contributed by atoms with Gasteiger partial charge in [-0.2, -0.15) is 0 Å². The monoisotopic (exact) mass is 408 g/mol. The number of hydrazine groups is 1. The van der Waals surface area contributed by atoms with E-state index in [0.717, 1.165) is 17.3 Å². The number of ether oxygens (including phenoxy) is 1. The van der Waals surface area contributed by atoms with E-state index in [-0.39, 0.29) is 24.0 Å². The summed E-state index contributed by atoms with van der Waals surface area (Å²) in [5.41, 5.74) is 5.46. The molecule has 152 valence electrons. The highest BCUT2D eigenvalue weighted by Gasteiger charge is 2.15. The van der Waals surface area contributed by atoms with Crippen molar-refractivity contribution in [3.63, 3.8) is 0 Å². The number of hydrogen-bond acceptors (Lipinski definition) is 7. The maximum absolute atomic E-state index is 11.8. The molecule has 28 heavy (non-hydrogen) atoms. The number of hydrogen-bond donors (Lipinski definition) is 3. The Kier molecular flexibility index (Phi) is 7.68. The zero-order valence-corrected chi connectivity index (χ0v) is 16.9. The van der Waals surface area contributed by atoms with Gasteiger partial charge in [0.25, 0.3) is 5.22 Å². The Balaban J connectivity index is 1.58. The van der Waals surface area contributed by atoms with Crippen molar-refractivity contribution < 1.29 is 23.5 Å². The first-order valence-corrected chi connectivity index (χ1v) is 9.74. The van der Waals surface area contributed by atoms with E-state index in [1.165, 1.54) is 0 Å². The summed E-state index contributed by atoms with van der Waals surface area (Å²) < 4.78 is 10.6. The highest BCUT2D eigenvalue weighted by atomic mass is 32.2. The number of thioether (sulfide) groups is 1. The van der Waals surface area contributed by atoms with Crippen LogP contribution in [0.5, 0.6) is 0 Å². The van der Waals surface area contributed by atoms with Gasteiger partial charge in [-0.3, -0.25) is 20.4 Å². The largest absolute Gasteiger partial charge is 0.444 e. The summed E-state index contributed by atoms with van der Waals surface area (Å²) >= 11 is 1.13. The van der Waals surface area contributed by atoms with Gasteiger partial charge in [0.15, 0.2) is 5.58 Å². The van der Waals surface area contributed by atoms with E-state index in [1.807, 2.05) is 18.2 Å². The molecule has 2 aromatic rings. The predicted octanol–water partition coefficient (Wildman–Crippen LogP) is 2.37. The highest BCUT2D eigenvalue weighted by Crippen LogP contribution is 2.22. The summed E-state index contributed by atoms with van der Waals surface area (Å²) in [4.78, 5) is 39.2. The second kappa shape index (κ2) is 9.98. The molecule has 0 aliphatic rings. The Hall–Kier alpha value is -2.75. The van der Waals surface area contributed by atoms with Crippen LogP contribution >= 0.6 is 11.8 Å². The van der Waals surface area contributed by atoms with Crippen molar-refractivity contribution >= 4 is 40.8 Å². The van der Waals surface area contributed by atoms with E-state index in [4.69, 9.17) is 9.15 Å². The van der Waals surface area contributed by atoms with Crippen LogP contribution in [0.1, 0.15) is 33.6 Å². The number of amides is 3. The van der Waals surface area contributed by atoms with Gasteiger partial charge in [0.2, 0.25) is 11.8 Å². The molecular formula is C18H24N4O5S. The number of nitrogens with zero attached hydrogens (tertiary/aromatic N) is 1. The zero-order chi connectivity index (χ0) is 20.6. The van der Waals surface area contributed by atoms with Crippen molar-refractivity contribution in [3.05, 3.63) is 24.3 Å². The van der Waals surface area contributed by atoms with Crippen LogP contribution in [0.3, 0.4) is 0 Å². The Morgan fingerprint density at radius 3 is 2.57 bits per heavy atom. The van der Waals surface area contributed by atoms with Gasteiger partial charge in [-0.25, -0.2) is 9.78 Å². The number of aromatic nitrogens is 1. The maximum atomic E-state index is 11.8. The van der Waals surface area contributed by atoms with E-state index in [1.54, 1.807) is 26.8 Å². The fourth-order valence-corrected chi connectivity index (χ4v) is 2.67. The summed E-state index contributed by atoms with van der Waals surface area (Å²) in [6, 6.07) is 7.31. The third kappa shape index (κ3) is 7.87. The van der Waals surface area contributed by atoms with Gasteiger partial charge in [0, 0.05) is 13.0 Å². The second-order valence-electron chi connectivity index (χ2n) is 6.86. The number of carbonyl (C=O) groups is 3. The first-order chi connectivity index (χ1) is 13.2. The molecule has 1 heterocycles. The molecular weight excluding hydrogens is 384 g/mol. The third-order valence-electron chi connectivity index (χ3n) is 3.19. The fraction of sp³-hybridized carbons (Fsp3) is 0.444. The topological polar surface area (TPSA) is 123 Å². The molecule has 0 saturated carbocycles. The number of rotatable bonds is 7. The number of para-hydroxylation sites is 2. The predicted molar refractivity (Wildman–Crippen MR) is 104 cm³/mol. The van der Waals surface area contributed by atoms with Crippen molar-refractivity contribution in [2.75, 3.05) is 12.3 Å². The minimum absolute atomic E-state index is 0.0489. The van der Waals surface area contributed by atoms with Crippen molar-refractivity contribution in [2.45, 2.75) is 44.4 Å². The number of oxazole rings is 1.